The molecule has 2 amide bonds. The lowest BCUT2D eigenvalue weighted by Gasteiger charge is -2.29. The third-order valence-corrected chi connectivity index (χ3v) is 7.85. The number of carbonyl (C=O) groups excluding carboxylic acids is 2. The molecule has 3 aromatic carbocycles. The first-order chi connectivity index (χ1) is 21.9. The Morgan fingerprint density at radius 1 is 1.15 bits per heavy atom. The summed E-state index contributed by atoms with van der Waals surface area (Å²) in [5, 5.41) is 7.43. The predicted octanol–water partition coefficient (Wildman–Crippen LogP) is 3.89. The molecule has 12 nitrogen and oxygen atoms in total. The lowest BCUT2D eigenvalue weighted by molar-refractivity contribution is 0.0508. The highest BCUT2D eigenvalue weighted by molar-refractivity contribution is 6.02. The molecule has 6 rings (SSSR count). The number of anilines is 1. The van der Waals surface area contributed by atoms with E-state index in [4.69, 9.17) is 20.9 Å². The Balaban J connectivity index is 1.42. The molecule has 4 aromatic rings. The molecule has 46 heavy (non-hydrogen) atoms. The normalized spacial score (nSPS) is 15.3. The molecule has 1 atom stereocenters. The van der Waals surface area contributed by atoms with Crippen molar-refractivity contribution < 1.29 is 23.5 Å². The highest BCUT2D eigenvalue weighted by atomic mass is 19.1. The Labute approximate surface area is 264 Å². The second-order valence-corrected chi connectivity index (χ2v) is 12.4. The van der Waals surface area contributed by atoms with Crippen molar-refractivity contribution in [3.8, 4) is 17.2 Å². The summed E-state index contributed by atoms with van der Waals surface area (Å²) < 4.78 is 29.7. The van der Waals surface area contributed by atoms with Crippen LogP contribution in [-0.2, 0) is 4.74 Å². The zero-order chi connectivity index (χ0) is 32.7. The molecule has 13 heteroatoms. The van der Waals surface area contributed by atoms with E-state index in [1.54, 1.807) is 30.2 Å². The molecule has 3 heterocycles. The molecule has 1 unspecified atom stereocenters. The molecular formula is C33H36FN7O5. The first kappa shape index (κ1) is 30.7. The number of amides is 2. The van der Waals surface area contributed by atoms with E-state index in [0.717, 1.165) is 16.8 Å². The van der Waals surface area contributed by atoms with Crippen LogP contribution in [0.5, 0.6) is 11.5 Å². The average molecular weight is 630 g/mol. The largest absolute Gasteiger partial charge is 0.451 e. The van der Waals surface area contributed by atoms with Crippen molar-refractivity contribution in [3.63, 3.8) is 0 Å². The van der Waals surface area contributed by atoms with Crippen LogP contribution in [-0.4, -0.2) is 60.3 Å². The number of hydrogen-bond acceptors (Lipinski definition) is 7. The van der Waals surface area contributed by atoms with Crippen molar-refractivity contribution in [2.24, 2.45) is 16.5 Å². The number of halogens is 1. The summed E-state index contributed by atoms with van der Waals surface area (Å²) in [4.78, 5) is 45.2. The molecule has 6 N–H and O–H groups in total. The number of carbonyl (C=O) groups is 2. The molecule has 0 aliphatic carbocycles. The van der Waals surface area contributed by atoms with E-state index in [1.807, 2.05) is 36.4 Å². The van der Waals surface area contributed by atoms with Gasteiger partial charge in [0.05, 0.1) is 17.1 Å². The van der Waals surface area contributed by atoms with E-state index in [-0.39, 0.29) is 40.9 Å². The summed E-state index contributed by atoms with van der Waals surface area (Å²) >= 11 is 0. The summed E-state index contributed by atoms with van der Waals surface area (Å²) in [6.07, 6.45) is 1.93. The van der Waals surface area contributed by atoms with Gasteiger partial charge in [-0.2, -0.15) is 0 Å². The van der Waals surface area contributed by atoms with Crippen LogP contribution in [0.3, 0.4) is 0 Å². The van der Waals surface area contributed by atoms with E-state index in [2.05, 4.69) is 15.6 Å². The molecule has 0 saturated carbocycles. The van der Waals surface area contributed by atoms with E-state index in [1.165, 1.54) is 6.20 Å². The Hall–Kier alpha value is -5.33. The minimum atomic E-state index is -0.678. The monoisotopic (exact) mass is 629 g/mol. The van der Waals surface area contributed by atoms with Crippen molar-refractivity contribution in [2.45, 2.75) is 45.3 Å². The molecule has 0 bridgehead atoms. The van der Waals surface area contributed by atoms with Crippen molar-refractivity contribution in [3.05, 3.63) is 70.3 Å². The van der Waals surface area contributed by atoms with Crippen LogP contribution >= 0.6 is 0 Å². The summed E-state index contributed by atoms with van der Waals surface area (Å²) in [5.74, 6) is -0.724. The van der Waals surface area contributed by atoms with Gasteiger partial charge in [-0.1, -0.05) is 24.3 Å². The number of hydrogen-bond donors (Lipinski definition) is 4. The zero-order valence-electron chi connectivity index (χ0n) is 25.9. The molecule has 1 saturated heterocycles. The number of guanidine groups is 1. The molecule has 1 aromatic heterocycles. The third-order valence-electron chi connectivity index (χ3n) is 7.85. The molecule has 240 valence electrons. The van der Waals surface area contributed by atoms with Gasteiger partial charge in [0, 0.05) is 32.4 Å². The first-order valence-corrected chi connectivity index (χ1v) is 15.1. The maximum absolute atomic E-state index is 16.2. The highest BCUT2D eigenvalue weighted by Crippen LogP contribution is 2.48. The second-order valence-electron chi connectivity index (χ2n) is 12.4. The minimum absolute atomic E-state index is 0.00541. The molecule has 2 aliphatic heterocycles. The van der Waals surface area contributed by atoms with Crippen molar-refractivity contribution in [1.82, 2.24) is 15.2 Å². The number of aliphatic imine (C=N–C) groups is 1. The van der Waals surface area contributed by atoms with Crippen LogP contribution in [0.4, 0.5) is 14.9 Å². The molecule has 0 spiro atoms. The lowest BCUT2D eigenvalue weighted by atomic mass is 10.0. The van der Waals surface area contributed by atoms with Gasteiger partial charge >= 0.3 is 6.09 Å². The van der Waals surface area contributed by atoms with Gasteiger partial charge in [-0.05, 0) is 62.6 Å². The van der Waals surface area contributed by atoms with Gasteiger partial charge in [-0.15, -0.1) is 0 Å². The lowest BCUT2D eigenvalue weighted by Crippen LogP contribution is -2.40. The number of alkyl carbamates (subject to hydrolysis) is 1. The maximum Gasteiger partial charge on any atom is 0.407 e. The average Bonchev–Trinajstić information content (AvgIpc) is 3.43. The summed E-state index contributed by atoms with van der Waals surface area (Å²) in [6.45, 7) is 6.61. The molecule has 2 aliphatic rings. The highest BCUT2D eigenvalue weighted by Gasteiger charge is 2.34. The molecule has 0 radical (unpaired) electrons. The number of rotatable bonds is 7. The number of ether oxygens (including phenoxy) is 2. The van der Waals surface area contributed by atoms with Crippen LogP contribution in [0.15, 0.2) is 58.4 Å². The Morgan fingerprint density at radius 2 is 1.89 bits per heavy atom. The van der Waals surface area contributed by atoms with Crippen molar-refractivity contribution in [1.29, 1.82) is 0 Å². The third kappa shape index (κ3) is 6.00. The number of pyridine rings is 1. The number of fused-ring (bicyclic) bond motifs is 3. The summed E-state index contributed by atoms with van der Waals surface area (Å²) in [7, 11) is 0. The Bertz CT molecular complexity index is 1960. The molecular weight excluding hydrogens is 593 g/mol. The van der Waals surface area contributed by atoms with E-state index in [9.17, 15) is 14.4 Å². The maximum atomic E-state index is 16.2. The first-order valence-electron chi connectivity index (χ1n) is 15.1. The second kappa shape index (κ2) is 11.9. The summed E-state index contributed by atoms with van der Waals surface area (Å²) in [6, 6.07) is 12.3. The minimum Gasteiger partial charge on any atom is -0.451 e. The summed E-state index contributed by atoms with van der Waals surface area (Å²) in [5.41, 5.74) is 10.4. The van der Waals surface area contributed by atoms with E-state index in [0.29, 0.717) is 49.4 Å². The predicted molar refractivity (Wildman–Crippen MR) is 175 cm³/mol. The number of nitrogens with two attached hydrogens (primary N) is 2. The standard InChI is InChI=1S/C33H36FN7O5/c1-33(2,3)46-32(44)39-20-9-12-40(16-20)27-23(34)15-21-26-29(27)45-25-14-19-8-5-4-7-18(19)13-24(25)41(26)17-22(28(21)42)30(43)37-10-6-11-38-31(35)36/h4-5,7-8,13-15,17,20H,6,9-12,16H2,1-3H3,(H,37,43)(H,39,44)(H4,35,36,38). The van der Waals surface area contributed by atoms with Gasteiger partial charge in [0.1, 0.15) is 22.4 Å². The van der Waals surface area contributed by atoms with Crippen LogP contribution in [0, 0.1) is 5.82 Å². The van der Waals surface area contributed by atoms with Crippen molar-refractivity contribution in [2.75, 3.05) is 31.1 Å². The Morgan fingerprint density at radius 3 is 2.61 bits per heavy atom. The smallest absolute Gasteiger partial charge is 0.407 e. The topological polar surface area (TPSA) is 166 Å². The molecule has 1 fully saturated rings. The van der Waals surface area contributed by atoms with Gasteiger partial charge in [-0.25, -0.2) is 9.18 Å². The number of nitrogens with one attached hydrogen (secondary N) is 2. The van der Waals surface area contributed by atoms with Gasteiger partial charge in [0.25, 0.3) is 5.91 Å². The number of aromatic nitrogens is 1. The number of benzene rings is 3. The van der Waals surface area contributed by atoms with Crippen LogP contribution < -0.4 is 37.2 Å². The fourth-order valence-corrected chi connectivity index (χ4v) is 5.89. The number of nitrogens with zero attached hydrogens (tertiary/aromatic N) is 3. The fraction of sp³-hybridized carbons (Fsp3) is 0.333. The van der Waals surface area contributed by atoms with Gasteiger partial charge in [0.2, 0.25) is 5.43 Å². The van der Waals surface area contributed by atoms with Crippen molar-refractivity contribution >= 4 is 45.3 Å². The Kier molecular flexibility index (Phi) is 7.92. The van der Waals surface area contributed by atoms with Crippen LogP contribution in [0.1, 0.15) is 44.0 Å². The van der Waals surface area contributed by atoms with Gasteiger partial charge < -0.3 is 41.0 Å². The van der Waals surface area contributed by atoms with E-state index >= 15 is 4.39 Å². The van der Waals surface area contributed by atoms with E-state index < -0.39 is 28.8 Å². The van der Waals surface area contributed by atoms with Gasteiger partial charge in [-0.3, -0.25) is 14.6 Å². The van der Waals surface area contributed by atoms with Crippen LogP contribution in [0.25, 0.3) is 27.4 Å². The SMILES string of the molecule is CC(C)(C)OC(=O)NC1CCN(c2c(F)cc3c(=O)c(C(=O)NCCCN=C(N)N)cn4c3c2Oc2cc3ccccc3cc2-4)C1. The fourth-order valence-electron chi connectivity index (χ4n) is 5.89. The van der Waals surface area contributed by atoms with Crippen LogP contribution in [0.2, 0.25) is 0 Å². The quantitative estimate of drug-likeness (QED) is 0.120. The zero-order valence-corrected chi connectivity index (χ0v) is 25.9. The van der Waals surface area contributed by atoms with Gasteiger partial charge in [0.15, 0.2) is 23.3 Å².